The zero-order valence-electron chi connectivity index (χ0n) is 10.9. The Kier molecular flexibility index (Phi) is 3.36. The molecular weight excluding hydrogens is 252 g/mol. The van der Waals surface area contributed by atoms with E-state index in [0.29, 0.717) is 0 Å². The molecule has 6 nitrogen and oxygen atoms in total. The first-order valence-electron chi connectivity index (χ1n) is 7.05. The van der Waals surface area contributed by atoms with Crippen molar-refractivity contribution in [3.8, 4) is 0 Å². The van der Waals surface area contributed by atoms with Gasteiger partial charge in [-0.3, -0.25) is 0 Å². The molecule has 3 aliphatic rings. The van der Waals surface area contributed by atoms with Crippen LogP contribution < -0.4 is 0 Å². The molecule has 0 amide bonds. The van der Waals surface area contributed by atoms with E-state index in [-0.39, 0.29) is 12.5 Å². The highest BCUT2D eigenvalue weighted by Gasteiger charge is 2.68. The van der Waals surface area contributed by atoms with Crippen molar-refractivity contribution >= 4 is 0 Å². The molecule has 3 rings (SSSR count). The van der Waals surface area contributed by atoms with Crippen molar-refractivity contribution in [1.82, 2.24) is 0 Å². The zero-order valence-corrected chi connectivity index (χ0v) is 10.9. The molecule has 110 valence electrons. The van der Waals surface area contributed by atoms with Gasteiger partial charge in [-0.05, 0) is 12.8 Å². The molecule has 0 unspecified atom stereocenters. The Morgan fingerprint density at radius 1 is 1.00 bits per heavy atom. The van der Waals surface area contributed by atoms with Crippen LogP contribution in [0.25, 0.3) is 0 Å². The van der Waals surface area contributed by atoms with Crippen LogP contribution in [0.15, 0.2) is 0 Å². The Balaban J connectivity index is 1.92. The molecular formula is C13H22O6. The first-order valence-corrected chi connectivity index (χ1v) is 7.05. The molecule has 1 aliphatic carbocycles. The lowest BCUT2D eigenvalue weighted by molar-refractivity contribution is -0.342. The highest BCUT2D eigenvalue weighted by molar-refractivity contribution is 5.11. The van der Waals surface area contributed by atoms with Gasteiger partial charge in [0.05, 0.1) is 13.2 Å². The fourth-order valence-corrected chi connectivity index (χ4v) is 3.74. The van der Waals surface area contributed by atoms with E-state index in [1.165, 1.54) is 0 Å². The third-order valence-corrected chi connectivity index (χ3v) is 4.94. The summed E-state index contributed by atoms with van der Waals surface area (Å²) in [5.74, 6) is -1.28. The Labute approximate surface area is 112 Å². The number of aliphatic hydroxyl groups excluding tert-OH is 4. The van der Waals surface area contributed by atoms with Crippen LogP contribution in [-0.2, 0) is 9.47 Å². The van der Waals surface area contributed by atoms with E-state index < -0.39 is 36.3 Å². The largest absolute Gasteiger partial charge is 0.393 e. The molecule has 2 bridgehead atoms. The van der Waals surface area contributed by atoms with E-state index in [1.807, 2.05) is 0 Å². The van der Waals surface area contributed by atoms with Crippen LogP contribution in [0.2, 0.25) is 0 Å². The fourth-order valence-electron chi connectivity index (χ4n) is 3.74. The van der Waals surface area contributed by atoms with Crippen molar-refractivity contribution in [2.75, 3.05) is 13.2 Å². The van der Waals surface area contributed by atoms with Gasteiger partial charge in [-0.15, -0.1) is 0 Å². The molecule has 4 N–H and O–H groups in total. The average Bonchev–Trinajstić information content (AvgIpc) is 2.85. The van der Waals surface area contributed by atoms with Crippen LogP contribution in [0.3, 0.4) is 0 Å². The van der Waals surface area contributed by atoms with Crippen LogP contribution >= 0.6 is 0 Å². The maximum absolute atomic E-state index is 10.3. The number of rotatable bonds is 2. The minimum Gasteiger partial charge on any atom is -0.393 e. The summed E-state index contributed by atoms with van der Waals surface area (Å²) in [6.07, 6.45) is 0.972. The van der Waals surface area contributed by atoms with Crippen molar-refractivity contribution in [2.24, 2.45) is 5.92 Å². The third kappa shape index (κ3) is 1.78. The van der Waals surface area contributed by atoms with Gasteiger partial charge in [0, 0.05) is 5.92 Å². The van der Waals surface area contributed by atoms with Crippen molar-refractivity contribution in [1.29, 1.82) is 0 Å². The molecule has 2 heterocycles. The van der Waals surface area contributed by atoms with Gasteiger partial charge in [0.2, 0.25) is 5.79 Å². The summed E-state index contributed by atoms with van der Waals surface area (Å²) >= 11 is 0. The maximum Gasteiger partial charge on any atom is 0.201 e. The maximum atomic E-state index is 10.3. The summed E-state index contributed by atoms with van der Waals surface area (Å²) in [5, 5.41) is 39.9. The third-order valence-electron chi connectivity index (χ3n) is 4.94. The Hall–Kier alpha value is -0.240. The molecule has 19 heavy (non-hydrogen) atoms. The minimum absolute atomic E-state index is 0.00468. The van der Waals surface area contributed by atoms with Gasteiger partial charge >= 0.3 is 0 Å². The highest BCUT2D eigenvalue weighted by Crippen LogP contribution is 2.50. The lowest BCUT2D eigenvalue weighted by Crippen LogP contribution is -2.68. The second-order valence-electron chi connectivity index (χ2n) is 6.05. The number of fused-ring (bicyclic) bond motifs is 2. The fraction of sp³-hybridized carbons (Fsp3) is 1.00. The van der Waals surface area contributed by atoms with E-state index >= 15 is 0 Å². The van der Waals surface area contributed by atoms with E-state index in [0.717, 1.165) is 32.1 Å². The zero-order chi connectivity index (χ0) is 13.7. The summed E-state index contributed by atoms with van der Waals surface area (Å²) in [4.78, 5) is 0. The number of hydrogen-bond acceptors (Lipinski definition) is 6. The Morgan fingerprint density at radius 3 is 2.32 bits per heavy atom. The van der Waals surface area contributed by atoms with Gasteiger partial charge in [0.15, 0.2) is 0 Å². The molecule has 0 spiro atoms. The second-order valence-corrected chi connectivity index (χ2v) is 6.05. The SMILES string of the molecule is OC[C@@]12CO[C@@](C3CCCCC3)(O1)[C@@H](O)[C@@H](O)[C@@H]2O. The first kappa shape index (κ1) is 13.7. The highest BCUT2D eigenvalue weighted by atomic mass is 16.8. The summed E-state index contributed by atoms with van der Waals surface area (Å²) in [7, 11) is 0. The van der Waals surface area contributed by atoms with E-state index in [9.17, 15) is 20.4 Å². The molecule has 2 aliphatic heterocycles. The topological polar surface area (TPSA) is 99.4 Å². The molecule has 0 aromatic heterocycles. The lowest BCUT2D eigenvalue weighted by Gasteiger charge is -2.49. The van der Waals surface area contributed by atoms with Gasteiger partial charge in [-0.1, -0.05) is 19.3 Å². The predicted octanol–water partition coefficient (Wildman–Crippen LogP) is -0.863. The Morgan fingerprint density at radius 2 is 1.68 bits per heavy atom. The van der Waals surface area contributed by atoms with Crippen molar-refractivity contribution in [3.63, 3.8) is 0 Å². The molecule has 0 aromatic carbocycles. The average molecular weight is 274 g/mol. The van der Waals surface area contributed by atoms with E-state index in [1.54, 1.807) is 0 Å². The van der Waals surface area contributed by atoms with E-state index in [4.69, 9.17) is 9.47 Å². The lowest BCUT2D eigenvalue weighted by atomic mass is 9.76. The first-order chi connectivity index (χ1) is 9.06. The summed E-state index contributed by atoms with van der Waals surface area (Å²) in [5.41, 5.74) is -1.31. The van der Waals surface area contributed by atoms with Crippen LogP contribution in [0, 0.1) is 5.92 Å². The number of hydrogen-bond donors (Lipinski definition) is 4. The summed E-state index contributed by atoms with van der Waals surface area (Å²) in [6.45, 7) is -0.443. The molecule has 0 radical (unpaired) electrons. The molecule has 1 saturated carbocycles. The monoisotopic (exact) mass is 274 g/mol. The van der Waals surface area contributed by atoms with Gasteiger partial charge in [0.1, 0.15) is 23.9 Å². The summed E-state index contributed by atoms with van der Waals surface area (Å²) in [6, 6.07) is 0. The van der Waals surface area contributed by atoms with Crippen LogP contribution in [0.4, 0.5) is 0 Å². The molecule has 2 saturated heterocycles. The molecule has 5 atom stereocenters. The molecule has 0 aromatic rings. The van der Waals surface area contributed by atoms with E-state index in [2.05, 4.69) is 0 Å². The van der Waals surface area contributed by atoms with Gasteiger partial charge in [-0.2, -0.15) is 0 Å². The van der Waals surface area contributed by atoms with Gasteiger partial charge in [0.25, 0.3) is 0 Å². The van der Waals surface area contributed by atoms with Gasteiger partial charge < -0.3 is 29.9 Å². The van der Waals surface area contributed by atoms with Crippen molar-refractivity contribution < 1.29 is 29.9 Å². The van der Waals surface area contributed by atoms with Crippen LogP contribution in [0.1, 0.15) is 32.1 Å². The van der Waals surface area contributed by atoms with Crippen molar-refractivity contribution in [3.05, 3.63) is 0 Å². The molecule has 6 heteroatoms. The predicted molar refractivity (Wildman–Crippen MR) is 64.2 cm³/mol. The minimum atomic E-state index is -1.36. The second kappa shape index (κ2) is 4.65. The number of ether oxygens (including phenoxy) is 2. The molecule has 3 fully saturated rings. The smallest absolute Gasteiger partial charge is 0.201 e. The van der Waals surface area contributed by atoms with Crippen LogP contribution in [-0.4, -0.2) is 63.3 Å². The standard InChI is InChI=1S/C13H22O6/c14-6-12-7-18-13(19-12,8-4-2-1-3-5-8)11(17)9(15)10(12)16/h8-11,14-17H,1-7H2/t9-,10-,11-,12-,13-/m0/s1. The quantitative estimate of drug-likeness (QED) is 0.523. The summed E-state index contributed by atoms with van der Waals surface area (Å²) < 4.78 is 11.5. The van der Waals surface area contributed by atoms with Crippen LogP contribution in [0.5, 0.6) is 0 Å². The van der Waals surface area contributed by atoms with Gasteiger partial charge in [-0.25, -0.2) is 0 Å². The van der Waals surface area contributed by atoms with Crippen molar-refractivity contribution in [2.45, 2.75) is 61.8 Å². The number of aliphatic hydroxyl groups is 4. The Bertz CT molecular complexity index is 340. The normalized spacial score (nSPS) is 51.5.